The first kappa shape index (κ1) is 17.7. The molecule has 8 heteroatoms. The Morgan fingerprint density at radius 1 is 1.29 bits per heavy atom. The quantitative estimate of drug-likeness (QED) is 0.643. The number of carbonyl (C=O) groups is 4. The van der Waals surface area contributed by atoms with Crippen molar-refractivity contribution in [1.82, 2.24) is 4.90 Å². The highest BCUT2D eigenvalue weighted by molar-refractivity contribution is 8.18. The Balaban J connectivity index is 2.21. The summed E-state index contributed by atoms with van der Waals surface area (Å²) in [6.45, 7) is 3.23. The molecule has 0 spiro atoms. The third-order valence-corrected chi connectivity index (χ3v) is 4.18. The van der Waals surface area contributed by atoms with Crippen molar-refractivity contribution in [1.29, 1.82) is 0 Å². The Bertz CT molecular complexity index is 725. The molecule has 0 saturated carbocycles. The maximum atomic E-state index is 12.4. The number of amides is 2. The fourth-order valence-electron chi connectivity index (χ4n) is 2.06. The van der Waals surface area contributed by atoms with Gasteiger partial charge in [0, 0.05) is 0 Å². The van der Waals surface area contributed by atoms with Crippen molar-refractivity contribution in [3.63, 3.8) is 0 Å². The van der Waals surface area contributed by atoms with Crippen molar-refractivity contribution in [2.75, 3.05) is 6.61 Å². The standard InChI is InChI=1S/C16H15NO6S/c1-3-23-15(21)9(2)17-13(18)12(24-16(17)22)8-10-4-6-11(7-5-10)14(19)20/h4-9H,3H2,1-2H3,(H,19,20)/b12-8+. The number of aromatic carboxylic acids is 1. The highest BCUT2D eigenvalue weighted by atomic mass is 32.2. The van der Waals surface area contributed by atoms with Gasteiger partial charge < -0.3 is 9.84 Å². The molecule has 1 unspecified atom stereocenters. The summed E-state index contributed by atoms with van der Waals surface area (Å²) in [5.41, 5.74) is 0.700. The fourth-order valence-corrected chi connectivity index (χ4v) is 2.96. The van der Waals surface area contributed by atoms with Crippen molar-refractivity contribution in [3.05, 3.63) is 40.3 Å². The molecule has 1 heterocycles. The molecular weight excluding hydrogens is 334 g/mol. The van der Waals surface area contributed by atoms with Crippen LogP contribution in [0.3, 0.4) is 0 Å². The zero-order valence-corrected chi connectivity index (χ0v) is 13.8. The van der Waals surface area contributed by atoms with E-state index in [0.29, 0.717) is 5.56 Å². The average Bonchev–Trinajstić information content (AvgIpc) is 2.81. The number of esters is 1. The van der Waals surface area contributed by atoms with Crippen LogP contribution in [0.4, 0.5) is 4.79 Å². The van der Waals surface area contributed by atoms with Crippen LogP contribution in [0.1, 0.15) is 29.8 Å². The first-order valence-electron chi connectivity index (χ1n) is 7.12. The Kier molecular flexibility index (Phi) is 5.40. The lowest BCUT2D eigenvalue weighted by molar-refractivity contribution is -0.150. The number of thioether (sulfide) groups is 1. The van der Waals surface area contributed by atoms with E-state index in [2.05, 4.69) is 0 Å². The number of carbonyl (C=O) groups excluding carboxylic acids is 3. The maximum Gasteiger partial charge on any atom is 0.335 e. The minimum absolute atomic E-state index is 0.121. The largest absolute Gasteiger partial charge is 0.478 e. The monoisotopic (exact) mass is 349 g/mol. The maximum absolute atomic E-state index is 12.4. The number of carboxylic acids is 1. The lowest BCUT2D eigenvalue weighted by Crippen LogP contribution is -2.42. The molecule has 7 nitrogen and oxygen atoms in total. The Labute approximate surface area is 142 Å². The van der Waals surface area contributed by atoms with Crippen LogP contribution in [0.2, 0.25) is 0 Å². The summed E-state index contributed by atoms with van der Waals surface area (Å²) in [6.07, 6.45) is 1.48. The van der Waals surface area contributed by atoms with Gasteiger partial charge in [0.05, 0.1) is 17.1 Å². The average molecular weight is 349 g/mol. The van der Waals surface area contributed by atoms with Crippen molar-refractivity contribution in [2.45, 2.75) is 19.9 Å². The van der Waals surface area contributed by atoms with Gasteiger partial charge in [0.1, 0.15) is 6.04 Å². The molecule has 1 aromatic rings. The topological polar surface area (TPSA) is 101 Å². The summed E-state index contributed by atoms with van der Waals surface area (Å²) in [4.78, 5) is 48.0. The molecule has 1 aliphatic rings. The SMILES string of the molecule is CCOC(=O)C(C)N1C(=O)S/C(=C/c2ccc(C(=O)O)cc2)C1=O. The first-order valence-corrected chi connectivity index (χ1v) is 7.93. The number of hydrogen-bond donors (Lipinski definition) is 1. The normalized spacial score (nSPS) is 17.2. The number of hydrogen-bond acceptors (Lipinski definition) is 6. The molecule has 1 atom stereocenters. The molecule has 24 heavy (non-hydrogen) atoms. The molecule has 1 fully saturated rings. The second-order valence-electron chi connectivity index (χ2n) is 4.91. The summed E-state index contributed by atoms with van der Waals surface area (Å²) in [7, 11) is 0. The summed E-state index contributed by atoms with van der Waals surface area (Å²) in [6, 6.07) is 4.87. The molecule has 0 bridgehead atoms. The van der Waals surface area contributed by atoms with Gasteiger partial charge in [0.15, 0.2) is 0 Å². The highest BCUT2D eigenvalue weighted by Crippen LogP contribution is 2.33. The molecule has 126 valence electrons. The van der Waals surface area contributed by atoms with E-state index in [-0.39, 0.29) is 17.1 Å². The summed E-state index contributed by atoms with van der Waals surface area (Å²) >= 11 is 0.725. The number of imide groups is 1. The fraction of sp³-hybridized carbons (Fsp3) is 0.250. The van der Waals surface area contributed by atoms with Crippen LogP contribution in [-0.4, -0.2) is 45.7 Å². The molecular formula is C16H15NO6S. The Morgan fingerprint density at radius 3 is 2.46 bits per heavy atom. The second kappa shape index (κ2) is 7.31. The third kappa shape index (κ3) is 3.65. The molecule has 0 aromatic heterocycles. The smallest absolute Gasteiger partial charge is 0.335 e. The predicted octanol–water partition coefficient (Wildman–Crippen LogP) is 2.37. The van der Waals surface area contributed by atoms with Crippen LogP contribution in [0.5, 0.6) is 0 Å². The van der Waals surface area contributed by atoms with Crippen LogP contribution in [0.25, 0.3) is 6.08 Å². The summed E-state index contributed by atoms with van der Waals surface area (Å²) in [5.74, 6) is -2.27. The van der Waals surface area contributed by atoms with Crippen LogP contribution >= 0.6 is 11.8 Å². The molecule has 0 aliphatic carbocycles. The zero-order valence-electron chi connectivity index (χ0n) is 13.0. The van der Waals surface area contributed by atoms with E-state index in [9.17, 15) is 19.2 Å². The predicted molar refractivity (Wildman–Crippen MR) is 87.3 cm³/mol. The number of ether oxygens (including phenoxy) is 1. The van der Waals surface area contributed by atoms with E-state index in [1.807, 2.05) is 0 Å². The molecule has 1 aromatic carbocycles. The second-order valence-corrected chi connectivity index (χ2v) is 5.90. The van der Waals surface area contributed by atoms with Gasteiger partial charge in [-0.1, -0.05) is 12.1 Å². The van der Waals surface area contributed by atoms with Gasteiger partial charge in [0.25, 0.3) is 11.1 Å². The van der Waals surface area contributed by atoms with Gasteiger partial charge in [-0.15, -0.1) is 0 Å². The lowest BCUT2D eigenvalue weighted by Gasteiger charge is -2.19. The van der Waals surface area contributed by atoms with Crippen molar-refractivity contribution in [2.24, 2.45) is 0 Å². The third-order valence-electron chi connectivity index (χ3n) is 3.29. The minimum Gasteiger partial charge on any atom is -0.478 e. The van der Waals surface area contributed by atoms with Gasteiger partial charge in [-0.2, -0.15) is 0 Å². The van der Waals surface area contributed by atoms with E-state index < -0.39 is 29.1 Å². The van der Waals surface area contributed by atoms with Crippen LogP contribution in [-0.2, 0) is 14.3 Å². The van der Waals surface area contributed by atoms with Crippen LogP contribution in [0, 0.1) is 0 Å². The Morgan fingerprint density at radius 2 is 1.92 bits per heavy atom. The molecule has 0 radical (unpaired) electrons. The van der Waals surface area contributed by atoms with Crippen LogP contribution < -0.4 is 0 Å². The number of carboxylic acid groups (broad SMARTS) is 1. The first-order chi connectivity index (χ1) is 11.3. The molecule has 2 amide bonds. The summed E-state index contributed by atoms with van der Waals surface area (Å²) in [5, 5.41) is 8.31. The van der Waals surface area contributed by atoms with Gasteiger partial charge in [0.2, 0.25) is 0 Å². The number of rotatable bonds is 5. The van der Waals surface area contributed by atoms with Gasteiger partial charge in [-0.05, 0) is 49.4 Å². The number of benzene rings is 1. The van der Waals surface area contributed by atoms with Gasteiger partial charge in [-0.3, -0.25) is 14.5 Å². The minimum atomic E-state index is -1.05. The van der Waals surface area contributed by atoms with Gasteiger partial charge in [-0.25, -0.2) is 9.59 Å². The van der Waals surface area contributed by atoms with E-state index >= 15 is 0 Å². The summed E-state index contributed by atoms with van der Waals surface area (Å²) < 4.78 is 4.83. The van der Waals surface area contributed by atoms with Crippen molar-refractivity contribution in [3.8, 4) is 0 Å². The lowest BCUT2D eigenvalue weighted by atomic mass is 10.1. The molecule has 1 aliphatic heterocycles. The molecule has 1 saturated heterocycles. The zero-order chi connectivity index (χ0) is 17.9. The van der Waals surface area contributed by atoms with Gasteiger partial charge >= 0.3 is 11.9 Å². The molecule has 2 rings (SSSR count). The van der Waals surface area contributed by atoms with E-state index in [1.165, 1.54) is 37.3 Å². The van der Waals surface area contributed by atoms with E-state index in [1.54, 1.807) is 6.92 Å². The number of nitrogens with zero attached hydrogens (tertiary/aromatic N) is 1. The Hall–Kier alpha value is -2.61. The van der Waals surface area contributed by atoms with E-state index in [4.69, 9.17) is 9.84 Å². The van der Waals surface area contributed by atoms with E-state index in [0.717, 1.165) is 16.7 Å². The van der Waals surface area contributed by atoms with Crippen molar-refractivity contribution >= 4 is 40.9 Å². The highest BCUT2D eigenvalue weighted by Gasteiger charge is 2.41. The molecule has 1 N–H and O–H groups in total. The van der Waals surface area contributed by atoms with Crippen molar-refractivity contribution < 1.29 is 29.0 Å². The van der Waals surface area contributed by atoms with Crippen LogP contribution in [0.15, 0.2) is 29.2 Å².